The zero-order valence-electron chi connectivity index (χ0n) is 16.9. The summed E-state index contributed by atoms with van der Waals surface area (Å²) >= 11 is 1.50. The number of benzene rings is 2. The largest absolute Gasteiger partial charge is 0.496 e. The quantitative estimate of drug-likeness (QED) is 0.552. The second-order valence-electron chi connectivity index (χ2n) is 7.44. The molecule has 1 aliphatic rings. The number of hydrogen-bond acceptors (Lipinski definition) is 5. The molecule has 0 unspecified atom stereocenters. The van der Waals surface area contributed by atoms with E-state index >= 15 is 0 Å². The monoisotopic (exact) mass is 420 g/mol. The number of thiazole rings is 1. The lowest BCUT2D eigenvalue weighted by Gasteiger charge is -2.31. The van der Waals surface area contributed by atoms with Crippen LogP contribution in [0.15, 0.2) is 60.0 Å². The van der Waals surface area contributed by atoms with Crippen LogP contribution in [0.25, 0.3) is 0 Å². The van der Waals surface area contributed by atoms with Crippen LogP contribution in [-0.2, 0) is 6.42 Å². The van der Waals surface area contributed by atoms with Gasteiger partial charge in [-0.25, -0.2) is 4.98 Å². The lowest BCUT2D eigenvalue weighted by molar-refractivity contribution is 0.0632. The zero-order chi connectivity index (χ0) is 20.9. The van der Waals surface area contributed by atoms with Crippen LogP contribution >= 0.6 is 11.3 Å². The molecule has 0 bridgehead atoms. The van der Waals surface area contributed by atoms with Gasteiger partial charge in [0.2, 0.25) is 0 Å². The molecule has 0 N–H and O–H groups in total. The normalized spacial score (nSPS) is 16.3. The van der Waals surface area contributed by atoms with Gasteiger partial charge in [-0.05, 0) is 30.5 Å². The van der Waals surface area contributed by atoms with Gasteiger partial charge in [-0.1, -0.05) is 42.5 Å². The average Bonchev–Trinajstić information content (AvgIpc) is 3.27. The van der Waals surface area contributed by atoms with Crippen LogP contribution in [0.5, 0.6) is 5.75 Å². The highest BCUT2D eigenvalue weighted by atomic mass is 32.1. The molecule has 1 fully saturated rings. The summed E-state index contributed by atoms with van der Waals surface area (Å²) in [7, 11) is 1.57. The number of piperidine rings is 1. The molecular formula is C24H24N2O3S. The molecule has 5 nitrogen and oxygen atoms in total. The van der Waals surface area contributed by atoms with E-state index in [0.29, 0.717) is 36.5 Å². The number of para-hydroxylation sites is 1. The fraction of sp³-hybridized carbons (Fsp3) is 0.292. The highest BCUT2D eigenvalue weighted by molar-refractivity contribution is 7.09. The van der Waals surface area contributed by atoms with Crippen molar-refractivity contribution in [1.82, 2.24) is 9.88 Å². The van der Waals surface area contributed by atoms with Crippen molar-refractivity contribution in [1.29, 1.82) is 0 Å². The van der Waals surface area contributed by atoms with E-state index in [1.54, 1.807) is 24.1 Å². The molecule has 0 radical (unpaired) electrons. The predicted molar refractivity (Wildman–Crippen MR) is 117 cm³/mol. The van der Waals surface area contributed by atoms with Crippen LogP contribution in [0.4, 0.5) is 0 Å². The molecule has 0 aliphatic carbocycles. The molecule has 0 spiro atoms. The molecule has 0 saturated carbocycles. The van der Waals surface area contributed by atoms with Crippen LogP contribution in [0.1, 0.15) is 44.3 Å². The fourth-order valence-electron chi connectivity index (χ4n) is 3.87. The van der Waals surface area contributed by atoms with E-state index in [-0.39, 0.29) is 17.6 Å². The number of aromatic nitrogens is 1. The number of amides is 1. The highest BCUT2D eigenvalue weighted by Crippen LogP contribution is 2.27. The molecule has 3 aromatic rings. The van der Waals surface area contributed by atoms with Gasteiger partial charge in [0.15, 0.2) is 5.78 Å². The minimum atomic E-state index is -0.221. The summed E-state index contributed by atoms with van der Waals surface area (Å²) in [6, 6.07) is 17.4. The number of Topliss-reactive ketones (excluding diaryl/α,β-unsaturated/α-hetero) is 1. The third-order valence-corrected chi connectivity index (χ3v) is 6.27. The zero-order valence-corrected chi connectivity index (χ0v) is 17.7. The molecule has 6 heteroatoms. The molecule has 30 heavy (non-hydrogen) atoms. The Morgan fingerprint density at radius 1 is 1.13 bits per heavy atom. The Hall–Kier alpha value is -2.99. The SMILES string of the molecule is COc1ccccc1C(=O)[C@H]1CCCN(C(=O)c2csc(Cc3ccccc3)n2)C1. The van der Waals surface area contributed by atoms with Gasteiger partial charge in [0.25, 0.3) is 5.91 Å². The molecule has 1 aromatic heterocycles. The maximum Gasteiger partial charge on any atom is 0.273 e. The molecule has 4 rings (SSSR count). The van der Waals surface area contributed by atoms with Crippen molar-refractivity contribution >= 4 is 23.0 Å². The topological polar surface area (TPSA) is 59.5 Å². The van der Waals surface area contributed by atoms with Crippen molar-refractivity contribution in [3.8, 4) is 5.75 Å². The summed E-state index contributed by atoms with van der Waals surface area (Å²) < 4.78 is 5.34. The summed E-state index contributed by atoms with van der Waals surface area (Å²) in [6.07, 6.45) is 2.29. The van der Waals surface area contributed by atoms with Gasteiger partial charge in [-0.15, -0.1) is 11.3 Å². The third-order valence-electron chi connectivity index (χ3n) is 5.42. The van der Waals surface area contributed by atoms with Crippen molar-refractivity contribution < 1.29 is 14.3 Å². The van der Waals surface area contributed by atoms with Crippen LogP contribution < -0.4 is 4.74 Å². The lowest BCUT2D eigenvalue weighted by Crippen LogP contribution is -2.42. The van der Waals surface area contributed by atoms with E-state index < -0.39 is 0 Å². The number of ketones is 1. The second-order valence-corrected chi connectivity index (χ2v) is 8.39. The van der Waals surface area contributed by atoms with Crippen molar-refractivity contribution in [3.63, 3.8) is 0 Å². The maximum absolute atomic E-state index is 13.1. The second kappa shape index (κ2) is 9.22. The van der Waals surface area contributed by atoms with Crippen molar-refractivity contribution in [3.05, 3.63) is 81.8 Å². The van der Waals surface area contributed by atoms with Gasteiger partial charge in [-0.2, -0.15) is 0 Å². The van der Waals surface area contributed by atoms with E-state index in [4.69, 9.17) is 4.74 Å². The summed E-state index contributed by atoms with van der Waals surface area (Å²) in [5.74, 6) is 0.300. The molecule has 1 atom stereocenters. The van der Waals surface area contributed by atoms with Crippen LogP contribution in [-0.4, -0.2) is 41.8 Å². The number of carbonyl (C=O) groups is 2. The highest BCUT2D eigenvalue weighted by Gasteiger charge is 2.31. The Balaban J connectivity index is 1.44. The first-order chi connectivity index (χ1) is 14.7. The summed E-state index contributed by atoms with van der Waals surface area (Å²) in [5, 5.41) is 2.75. The Morgan fingerprint density at radius 2 is 1.90 bits per heavy atom. The number of carbonyl (C=O) groups excluding carboxylic acids is 2. The van der Waals surface area contributed by atoms with Gasteiger partial charge in [-0.3, -0.25) is 9.59 Å². The number of methoxy groups -OCH3 is 1. The van der Waals surface area contributed by atoms with Crippen LogP contribution in [0, 0.1) is 5.92 Å². The van der Waals surface area contributed by atoms with Gasteiger partial charge in [0.1, 0.15) is 11.4 Å². The van der Waals surface area contributed by atoms with E-state index in [1.807, 2.05) is 35.7 Å². The maximum atomic E-state index is 13.1. The van der Waals surface area contributed by atoms with Gasteiger partial charge in [0, 0.05) is 30.8 Å². The third kappa shape index (κ3) is 4.44. The minimum Gasteiger partial charge on any atom is -0.496 e. The number of likely N-dealkylation sites (tertiary alicyclic amines) is 1. The first kappa shape index (κ1) is 20.3. The molecule has 1 aliphatic heterocycles. The van der Waals surface area contributed by atoms with Gasteiger partial charge >= 0.3 is 0 Å². The average molecular weight is 421 g/mol. The lowest BCUT2D eigenvalue weighted by atomic mass is 9.89. The standard InChI is InChI=1S/C24H24N2O3S/c1-29-21-12-6-5-11-19(21)23(27)18-10-7-13-26(15-18)24(28)20-16-30-22(25-20)14-17-8-3-2-4-9-17/h2-6,8-9,11-12,16,18H,7,10,13-15H2,1H3/t18-/m0/s1. The van der Waals surface area contributed by atoms with Crippen molar-refractivity contribution in [2.75, 3.05) is 20.2 Å². The van der Waals surface area contributed by atoms with E-state index in [9.17, 15) is 9.59 Å². The Kier molecular flexibility index (Phi) is 6.23. The number of ether oxygens (including phenoxy) is 1. The first-order valence-corrected chi connectivity index (χ1v) is 11.0. The van der Waals surface area contributed by atoms with Crippen molar-refractivity contribution in [2.45, 2.75) is 19.3 Å². The number of nitrogens with zero attached hydrogens (tertiary/aromatic N) is 2. The van der Waals surface area contributed by atoms with Gasteiger partial charge < -0.3 is 9.64 Å². The van der Waals surface area contributed by atoms with Gasteiger partial charge in [0.05, 0.1) is 17.7 Å². The molecule has 2 heterocycles. The number of rotatable bonds is 6. The van der Waals surface area contributed by atoms with Crippen LogP contribution in [0.3, 0.4) is 0 Å². The van der Waals surface area contributed by atoms with Crippen LogP contribution in [0.2, 0.25) is 0 Å². The molecule has 154 valence electrons. The number of hydrogen-bond donors (Lipinski definition) is 0. The van der Waals surface area contributed by atoms with E-state index in [1.165, 1.54) is 16.9 Å². The predicted octanol–water partition coefficient (Wildman–Crippen LogP) is 4.48. The van der Waals surface area contributed by atoms with E-state index in [0.717, 1.165) is 17.8 Å². The molecule has 1 amide bonds. The smallest absolute Gasteiger partial charge is 0.273 e. The summed E-state index contributed by atoms with van der Waals surface area (Å²) in [6.45, 7) is 1.07. The summed E-state index contributed by atoms with van der Waals surface area (Å²) in [4.78, 5) is 32.4. The molecule has 1 saturated heterocycles. The summed E-state index contributed by atoms with van der Waals surface area (Å²) in [5.41, 5.74) is 2.22. The Morgan fingerprint density at radius 3 is 2.70 bits per heavy atom. The minimum absolute atomic E-state index is 0.0352. The first-order valence-electron chi connectivity index (χ1n) is 10.1. The van der Waals surface area contributed by atoms with E-state index in [2.05, 4.69) is 17.1 Å². The Labute approximate surface area is 180 Å². The molecule has 2 aromatic carbocycles. The fourth-order valence-corrected chi connectivity index (χ4v) is 4.67. The Bertz CT molecular complexity index is 1030. The van der Waals surface area contributed by atoms with Crippen molar-refractivity contribution in [2.24, 2.45) is 5.92 Å². The molecular weight excluding hydrogens is 396 g/mol.